The van der Waals surface area contributed by atoms with Gasteiger partial charge in [0.1, 0.15) is 5.75 Å². The molecule has 2 aromatic rings. The molecule has 0 unspecified atom stereocenters. The Hall–Kier alpha value is -1.21. The van der Waals surface area contributed by atoms with Crippen molar-refractivity contribution in [1.29, 1.82) is 0 Å². The molecule has 0 fully saturated rings. The largest absolute Gasteiger partial charge is 0.496 e. The van der Waals surface area contributed by atoms with Gasteiger partial charge in [0.25, 0.3) is 0 Å². The van der Waals surface area contributed by atoms with E-state index in [0.717, 1.165) is 33.9 Å². The van der Waals surface area contributed by atoms with E-state index in [0.29, 0.717) is 0 Å². The van der Waals surface area contributed by atoms with E-state index in [9.17, 15) is 0 Å². The van der Waals surface area contributed by atoms with Crippen molar-refractivity contribution in [2.45, 2.75) is 6.42 Å². The van der Waals surface area contributed by atoms with Crippen LogP contribution in [0.2, 0.25) is 0 Å². The minimum Gasteiger partial charge on any atom is -0.496 e. The fourth-order valence-electron chi connectivity index (χ4n) is 1.60. The van der Waals surface area contributed by atoms with Crippen LogP contribution in [0.3, 0.4) is 0 Å². The van der Waals surface area contributed by atoms with Crippen molar-refractivity contribution in [3.63, 3.8) is 0 Å². The van der Waals surface area contributed by atoms with Crippen LogP contribution in [0.1, 0.15) is 5.56 Å². The maximum absolute atomic E-state index is 5.35. The van der Waals surface area contributed by atoms with Gasteiger partial charge in [0.2, 0.25) is 5.13 Å². The summed E-state index contributed by atoms with van der Waals surface area (Å²) < 4.78 is 10.2. The lowest BCUT2D eigenvalue weighted by molar-refractivity contribution is 0.409. The van der Waals surface area contributed by atoms with Gasteiger partial charge in [0.15, 0.2) is 0 Å². The Morgan fingerprint density at radius 3 is 2.94 bits per heavy atom. The SMILES string of the molecule is COc1ccc(Br)cc1CCN(C)c1nnns1. The number of hydrogen-bond donors (Lipinski definition) is 0. The van der Waals surface area contributed by atoms with Crippen LogP contribution >= 0.6 is 27.5 Å². The molecule has 0 aliphatic rings. The summed E-state index contributed by atoms with van der Waals surface area (Å²) in [4.78, 5) is 2.03. The standard InChI is InChI=1S/C11H13BrN4OS/c1-16(11-13-14-15-18-11)6-5-8-7-9(12)3-4-10(8)17-2/h3-4,7H,5-6H2,1-2H3. The maximum Gasteiger partial charge on any atom is 0.227 e. The van der Waals surface area contributed by atoms with Crippen molar-refractivity contribution in [3.8, 4) is 5.75 Å². The maximum atomic E-state index is 5.35. The van der Waals surface area contributed by atoms with Gasteiger partial charge in [0, 0.05) is 29.6 Å². The molecule has 1 aromatic heterocycles. The number of aromatic nitrogens is 3. The van der Waals surface area contributed by atoms with E-state index in [1.54, 1.807) is 7.11 Å². The lowest BCUT2D eigenvalue weighted by Crippen LogP contribution is -2.20. The summed E-state index contributed by atoms with van der Waals surface area (Å²) in [6.07, 6.45) is 0.874. The molecule has 0 atom stereocenters. The lowest BCUT2D eigenvalue weighted by atomic mass is 10.1. The average Bonchev–Trinajstić information content (AvgIpc) is 2.90. The fourth-order valence-corrected chi connectivity index (χ4v) is 2.46. The van der Waals surface area contributed by atoms with Crippen molar-refractivity contribution >= 4 is 32.6 Å². The van der Waals surface area contributed by atoms with Crippen LogP contribution < -0.4 is 9.64 Å². The number of anilines is 1. The smallest absolute Gasteiger partial charge is 0.227 e. The first-order valence-electron chi connectivity index (χ1n) is 5.39. The molecule has 0 saturated heterocycles. The van der Waals surface area contributed by atoms with Gasteiger partial charge in [-0.25, -0.2) is 0 Å². The topological polar surface area (TPSA) is 51.1 Å². The third-order valence-electron chi connectivity index (χ3n) is 2.57. The minimum atomic E-state index is 0.823. The number of likely N-dealkylation sites (N-methyl/N-ethyl adjacent to an activating group) is 1. The molecule has 0 N–H and O–H groups in total. The van der Waals surface area contributed by atoms with Crippen molar-refractivity contribution in [1.82, 2.24) is 14.8 Å². The molecule has 5 nitrogen and oxygen atoms in total. The van der Waals surface area contributed by atoms with Gasteiger partial charge in [-0.15, -0.1) is 0 Å². The van der Waals surface area contributed by atoms with Crippen LogP contribution in [-0.4, -0.2) is 35.5 Å². The van der Waals surface area contributed by atoms with Crippen LogP contribution in [0, 0.1) is 0 Å². The van der Waals surface area contributed by atoms with Crippen LogP contribution in [-0.2, 0) is 6.42 Å². The number of benzene rings is 1. The third kappa shape index (κ3) is 3.17. The molecule has 0 saturated carbocycles. The molecule has 96 valence electrons. The Morgan fingerprint density at radius 1 is 1.44 bits per heavy atom. The zero-order valence-electron chi connectivity index (χ0n) is 10.1. The molecule has 1 heterocycles. The monoisotopic (exact) mass is 328 g/mol. The van der Waals surface area contributed by atoms with Crippen LogP contribution in [0.5, 0.6) is 5.75 Å². The molecule has 0 bridgehead atoms. The molecule has 0 aliphatic heterocycles. The number of rotatable bonds is 5. The summed E-state index contributed by atoms with van der Waals surface area (Å²) in [7, 11) is 3.66. The van der Waals surface area contributed by atoms with Gasteiger partial charge in [-0.1, -0.05) is 25.5 Å². The van der Waals surface area contributed by atoms with Crippen LogP contribution in [0.4, 0.5) is 5.13 Å². The number of ether oxygens (including phenoxy) is 1. The summed E-state index contributed by atoms with van der Waals surface area (Å²) in [6.45, 7) is 0.837. The summed E-state index contributed by atoms with van der Waals surface area (Å²) in [5, 5.41) is 8.35. The first-order chi connectivity index (χ1) is 8.70. The van der Waals surface area contributed by atoms with Gasteiger partial charge in [-0.2, -0.15) is 0 Å². The van der Waals surface area contributed by atoms with Crippen molar-refractivity contribution in [2.24, 2.45) is 0 Å². The Balaban J connectivity index is 2.03. The predicted octanol–water partition coefficient (Wildman–Crippen LogP) is 2.38. The van der Waals surface area contributed by atoms with E-state index in [4.69, 9.17) is 4.74 Å². The molecule has 0 aliphatic carbocycles. The highest BCUT2D eigenvalue weighted by Gasteiger charge is 2.08. The van der Waals surface area contributed by atoms with Gasteiger partial charge >= 0.3 is 0 Å². The van der Waals surface area contributed by atoms with E-state index in [2.05, 4.69) is 36.8 Å². The highest BCUT2D eigenvalue weighted by atomic mass is 79.9. The highest BCUT2D eigenvalue weighted by molar-refractivity contribution is 9.10. The second-order valence-corrected chi connectivity index (χ2v) is 5.40. The molecule has 0 spiro atoms. The molecule has 7 heteroatoms. The molecular formula is C11H13BrN4OS. The summed E-state index contributed by atoms with van der Waals surface area (Å²) in [6, 6.07) is 6.01. The molecule has 0 radical (unpaired) electrons. The van der Waals surface area contributed by atoms with Crippen LogP contribution in [0.15, 0.2) is 22.7 Å². The van der Waals surface area contributed by atoms with E-state index in [-0.39, 0.29) is 0 Å². The summed E-state index contributed by atoms with van der Waals surface area (Å²) in [5.41, 5.74) is 1.16. The van der Waals surface area contributed by atoms with E-state index in [1.165, 1.54) is 11.5 Å². The average molecular weight is 329 g/mol. The Bertz CT molecular complexity index is 506. The molecule has 2 rings (SSSR count). The Morgan fingerprint density at radius 2 is 2.28 bits per heavy atom. The zero-order chi connectivity index (χ0) is 13.0. The number of halogens is 1. The lowest BCUT2D eigenvalue weighted by Gasteiger charge is -2.15. The third-order valence-corrected chi connectivity index (χ3v) is 3.78. The predicted molar refractivity (Wildman–Crippen MR) is 75.4 cm³/mol. The second kappa shape index (κ2) is 6.10. The Labute approximate surface area is 118 Å². The van der Waals surface area contributed by atoms with Gasteiger partial charge in [0.05, 0.1) is 7.11 Å². The van der Waals surface area contributed by atoms with Gasteiger partial charge in [-0.3, -0.25) is 0 Å². The van der Waals surface area contributed by atoms with Gasteiger partial charge < -0.3 is 9.64 Å². The minimum absolute atomic E-state index is 0.823. The molecular weight excluding hydrogens is 316 g/mol. The molecule has 18 heavy (non-hydrogen) atoms. The van der Waals surface area contributed by atoms with Crippen molar-refractivity contribution in [3.05, 3.63) is 28.2 Å². The zero-order valence-corrected chi connectivity index (χ0v) is 12.5. The normalized spacial score (nSPS) is 10.4. The van der Waals surface area contributed by atoms with Crippen molar-refractivity contribution in [2.75, 3.05) is 25.6 Å². The van der Waals surface area contributed by atoms with E-state index < -0.39 is 0 Å². The first kappa shape index (κ1) is 13.2. The Kier molecular flexibility index (Phi) is 4.48. The van der Waals surface area contributed by atoms with E-state index in [1.807, 2.05) is 24.1 Å². The summed E-state index contributed by atoms with van der Waals surface area (Å²) >= 11 is 4.76. The first-order valence-corrected chi connectivity index (χ1v) is 6.96. The number of hydrogen-bond acceptors (Lipinski definition) is 6. The van der Waals surface area contributed by atoms with Gasteiger partial charge in [-0.05, 0) is 35.4 Å². The second-order valence-electron chi connectivity index (χ2n) is 3.77. The number of nitrogens with zero attached hydrogens (tertiary/aromatic N) is 4. The quantitative estimate of drug-likeness (QED) is 0.843. The van der Waals surface area contributed by atoms with E-state index >= 15 is 0 Å². The molecule has 0 amide bonds. The fraction of sp³-hybridized carbons (Fsp3) is 0.364. The summed E-state index contributed by atoms with van der Waals surface area (Å²) in [5.74, 6) is 0.905. The van der Waals surface area contributed by atoms with Crippen LogP contribution in [0.25, 0.3) is 0 Å². The molecule has 1 aromatic carbocycles. The number of methoxy groups -OCH3 is 1. The van der Waals surface area contributed by atoms with Crippen molar-refractivity contribution < 1.29 is 4.74 Å². The highest BCUT2D eigenvalue weighted by Crippen LogP contribution is 2.24.